The van der Waals surface area contributed by atoms with Gasteiger partial charge in [-0.1, -0.05) is 12.8 Å². The highest BCUT2D eigenvalue weighted by atomic mass is 16.2. The van der Waals surface area contributed by atoms with Crippen molar-refractivity contribution in [1.29, 1.82) is 0 Å². The highest BCUT2D eigenvalue weighted by Crippen LogP contribution is 2.69. The number of carbonyl (C=O) groups is 1. The molecule has 4 aliphatic rings. The summed E-state index contributed by atoms with van der Waals surface area (Å²) in [6.45, 7) is 0.825. The zero-order valence-electron chi connectivity index (χ0n) is 11.7. The summed E-state index contributed by atoms with van der Waals surface area (Å²) in [7, 11) is 0. The van der Waals surface area contributed by atoms with E-state index in [4.69, 9.17) is 5.73 Å². The average molecular weight is 262 g/mol. The smallest absolute Gasteiger partial charge is 0.223 e. The number of nitrogens with two attached hydrogens (primary N) is 1. The van der Waals surface area contributed by atoms with E-state index in [1.165, 1.54) is 38.5 Å². The van der Waals surface area contributed by atoms with Crippen LogP contribution in [0.5, 0.6) is 0 Å². The molecule has 6 unspecified atom stereocenters. The van der Waals surface area contributed by atoms with Crippen molar-refractivity contribution >= 4 is 5.91 Å². The molecule has 0 saturated heterocycles. The normalized spacial score (nSPS) is 50.9. The molecule has 0 aromatic carbocycles. The number of amides is 1. The second kappa shape index (κ2) is 4.47. The number of hydrogen-bond donors (Lipinski definition) is 2. The molecule has 3 N–H and O–H groups in total. The lowest BCUT2D eigenvalue weighted by Crippen LogP contribution is -2.41. The van der Waals surface area contributed by atoms with Crippen LogP contribution in [-0.4, -0.2) is 18.5 Å². The maximum absolute atomic E-state index is 12.3. The molecule has 0 heterocycles. The Morgan fingerprint density at radius 2 is 1.74 bits per heavy atom. The van der Waals surface area contributed by atoms with E-state index >= 15 is 0 Å². The van der Waals surface area contributed by atoms with Gasteiger partial charge in [0.05, 0.1) is 0 Å². The molecule has 0 aliphatic heterocycles. The molecular weight excluding hydrogens is 236 g/mol. The SMILES string of the molecule is NC1CCCCC1CNC(=O)C1C2C3CCC(C3)C12. The maximum atomic E-state index is 12.3. The minimum atomic E-state index is 0.309. The van der Waals surface area contributed by atoms with Crippen LogP contribution in [0, 0.1) is 35.5 Å². The molecule has 0 aromatic heterocycles. The monoisotopic (exact) mass is 262 g/mol. The third-order valence-electron chi connectivity index (χ3n) is 6.54. The molecule has 106 valence electrons. The Morgan fingerprint density at radius 3 is 2.42 bits per heavy atom. The van der Waals surface area contributed by atoms with E-state index in [-0.39, 0.29) is 0 Å². The van der Waals surface area contributed by atoms with E-state index in [0.717, 1.165) is 36.6 Å². The quantitative estimate of drug-likeness (QED) is 0.816. The van der Waals surface area contributed by atoms with E-state index in [1.54, 1.807) is 0 Å². The number of nitrogens with one attached hydrogen (secondary N) is 1. The third-order valence-corrected chi connectivity index (χ3v) is 6.54. The van der Waals surface area contributed by atoms with Crippen molar-refractivity contribution in [3.05, 3.63) is 0 Å². The summed E-state index contributed by atoms with van der Waals surface area (Å²) >= 11 is 0. The van der Waals surface area contributed by atoms with Gasteiger partial charge in [-0.15, -0.1) is 0 Å². The van der Waals surface area contributed by atoms with E-state index < -0.39 is 0 Å². The second-order valence-electron chi connectivity index (χ2n) is 7.47. The fourth-order valence-electron chi connectivity index (χ4n) is 5.51. The van der Waals surface area contributed by atoms with Gasteiger partial charge in [-0.2, -0.15) is 0 Å². The molecule has 19 heavy (non-hydrogen) atoms. The lowest BCUT2D eigenvalue weighted by molar-refractivity contribution is -0.123. The summed E-state index contributed by atoms with van der Waals surface area (Å²) in [5.74, 6) is 4.56. The first-order valence-electron chi connectivity index (χ1n) is 8.29. The Kier molecular flexibility index (Phi) is 2.87. The first-order valence-corrected chi connectivity index (χ1v) is 8.29. The lowest BCUT2D eigenvalue weighted by atomic mass is 9.85. The molecule has 4 fully saturated rings. The van der Waals surface area contributed by atoms with Crippen molar-refractivity contribution in [2.24, 2.45) is 41.2 Å². The highest BCUT2D eigenvalue weighted by molar-refractivity contribution is 5.82. The summed E-state index contributed by atoms with van der Waals surface area (Å²) in [5.41, 5.74) is 6.15. The summed E-state index contributed by atoms with van der Waals surface area (Å²) in [5, 5.41) is 3.22. The van der Waals surface area contributed by atoms with Crippen LogP contribution in [0.3, 0.4) is 0 Å². The van der Waals surface area contributed by atoms with Crippen LogP contribution >= 0.6 is 0 Å². The zero-order chi connectivity index (χ0) is 13.0. The number of fused-ring (bicyclic) bond motifs is 5. The van der Waals surface area contributed by atoms with Gasteiger partial charge >= 0.3 is 0 Å². The van der Waals surface area contributed by atoms with Gasteiger partial charge in [-0.05, 0) is 61.7 Å². The molecule has 4 aliphatic carbocycles. The molecular formula is C16H26N2O. The Bertz CT molecular complexity index is 367. The van der Waals surface area contributed by atoms with Crippen molar-refractivity contribution in [3.8, 4) is 0 Å². The van der Waals surface area contributed by atoms with Crippen LogP contribution in [0.2, 0.25) is 0 Å². The van der Waals surface area contributed by atoms with E-state index in [9.17, 15) is 4.79 Å². The van der Waals surface area contributed by atoms with Crippen molar-refractivity contribution in [2.45, 2.75) is 51.0 Å². The van der Waals surface area contributed by atoms with Gasteiger partial charge < -0.3 is 11.1 Å². The van der Waals surface area contributed by atoms with Gasteiger partial charge in [0.1, 0.15) is 0 Å². The molecule has 0 radical (unpaired) electrons. The Balaban J connectivity index is 1.29. The van der Waals surface area contributed by atoms with Crippen LogP contribution in [0.15, 0.2) is 0 Å². The summed E-state index contributed by atoms with van der Waals surface area (Å²) in [6, 6.07) is 0.309. The van der Waals surface area contributed by atoms with Crippen LogP contribution in [0.4, 0.5) is 0 Å². The molecule has 1 amide bonds. The standard InChI is InChI=1S/C16H26N2O/c17-12-4-2-1-3-11(12)8-18-16(19)15-13-9-5-6-10(7-9)14(13)15/h9-15H,1-8,17H2,(H,18,19). The fraction of sp³-hybridized carbons (Fsp3) is 0.938. The fourth-order valence-corrected chi connectivity index (χ4v) is 5.51. The van der Waals surface area contributed by atoms with Gasteiger partial charge in [0, 0.05) is 18.5 Å². The Morgan fingerprint density at radius 1 is 1.05 bits per heavy atom. The first-order chi connectivity index (χ1) is 9.25. The van der Waals surface area contributed by atoms with Crippen LogP contribution in [-0.2, 0) is 4.79 Å². The maximum Gasteiger partial charge on any atom is 0.223 e. The van der Waals surface area contributed by atoms with E-state index in [2.05, 4.69) is 5.32 Å². The first kappa shape index (κ1) is 12.2. The molecule has 4 rings (SSSR count). The van der Waals surface area contributed by atoms with Gasteiger partial charge in [0.25, 0.3) is 0 Å². The highest BCUT2D eigenvalue weighted by Gasteiger charge is 2.67. The van der Waals surface area contributed by atoms with Crippen LogP contribution < -0.4 is 11.1 Å². The predicted octanol–water partition coefficient (Wildman–Crippen LogP) is 1.91. The minimum absolute atomic E-state index is 0.309. The average Bonchev–Trinajstić information content (AvgIpc) is 2.86. The van der Waals surface area contributed by atoms with Gasteiger partial charge in [-0.3, -0.25) is 4.79 Å². The second-order valence-corrected chi connectivity index (χ2v) is 7.47. The van der Waals surface area contributed by atoms with Crippen LogP contribution in [0.1, 0.15) is 44.9 Å². The summed E-state index contributed by atoms with van der Waals surface area (Å²) in [6.07, 6.45) is 9.09. The Labute approximate surface area is 115 Å². The predicted molar refractivity (Wildman–Crippen MR) is 74.2 cm³/mol. The molecule has 0 spiro atoms. The van der Waals surface area contributed by atoms with Gasteiger partial charge in [0.2, 0.25) is 5.91 Å². The molecule has 6 atom stereocenters. The van der Waals surface area contributed by atoms with Gasteiger partial charge in [0.15, 0.2) is 0 Å². The van der Waals surface area contributed by atoms with Crippen LogP contribution in [0.25, 0.3) is 0 Å². The Hall–Kier alpha value is -0.570. The van der Waals surface area contributed by atoms with Crippen molar-refractivity contribution in [1.82, 2.24) is 5.32 Å². The van der Waals surface area contributed by atoms with Gasteiger partial charge in [-0.25, -0.2) is 0 Å². The summed E-state index contributed by atoms with van der Waals surface area (Å²) in [4.78, 5) is 12.3. The number of hydrogen-bond acceptors (Lipinski definition) is 2. The number of rotatable bonds is 3. The molecule has 3 nitrogen and oxygen atoms in total. The van der Waals surface area contributed by atoms with Crippen molar-refractivity contribution in [3.63, 3.8) is 0 Å². The third kappa shape index (κ3) is 1.93. The topological polar surface area (TPSA) is 55.1 Å². The van der Waals surface area contributed by atoms with Crippen molar-refractivity contribution in [2.75, 3.05) is 6.54 Å². The number of carbonyl (C=O) groups excluding carboxylic acids is 1. The van der Waals surface area contributed by atoms with Crippen molar-refractivity contribution < 1.29 is 4.79 Å². The van der Waals surface area contributed by atoms with E-state index in [0.29, 0.717) is 23.8 Å². The molecule has 4 saturated carbocycles. The molecule has 3 heteroatoms. The molecule has 0 aromatic rings. The molecule has 2 bridgehead atoms. The van der Waals surface area contributed by atoms with E-state index in [1.807, 2.05) is 0 Å². The zero-order valence-corrected chi connectivity index (χ0v) is 11.7. The summed E-state index contributed by atoms with van der Waals surface area (Å²) < 4.78 is 0. The lowest BCUT2D eigenvalue weighted by Gasteiger charge is -2.28. The largest absolute Gasteiger partial charge is 0.356 e. The minimum Gasteiger partial charge on any atom is -0.356 e.